The van der Waals surface area contributed by atoms with E-state index in [2.05, 4.69) is 26.1 Å². The minimum absolute atomic E-state index is 0.0621. The summed E-state index contributed by atoms with van der Waals surface area (Å²) in [7, 11) is -3.83. The number of hydrogen-bond acceptors (Lipinski definition) is 4. The average Bonchev–Trinajstić information content (AvgIpc) is 3.47. The lowest BCUT2D eigenvalue weighted by atomic mass is 9.87. The first-order chi connectivity index (χ1) is 20.3. The molecule has 0 aromatic heterocycles. The fourth-order valence-corrected chi connectivity index (χ4v) is 6.42. The Bertz CT molecular complexity index is 1480. The predicted octanol–water partition coefficient (Wildman–Crippen LogP) is 6.10. The van der Waals surface area contributed by atoms with Gasteiger partial charge in [-0.15, -0.1) is 0 Å². The molecule has 0 aliphatic heterocycles. The number of nitrogens with zero attached hydrogens (tertiary/aromatic N) is 2. The van der Waals surface area contributed by atoms with Gasteiger partial charge in [-0.05, 0) is 59.2 Å². The molecule has 0 heterocycles. The van der Waals surface area contributed by atoms with Gasteiger partial charge in [-0.2, -0.15) is 0 Å². The van der Waals surface area contributed by atoms with Gasteiger partial charge in [0.1, 0.15) is 12.6 Å². The minimum atomic E-state index is -3.83. The van der Waals surface area contributed by atoms with Crippen LogP contribution in [0.15, 0.2) is 78.9 Å². The summed E-state index contributed by atoms with van der Waals surface area (Å²) in [5.41, 5.74) is 3.01. The molecule has 7 nitrogen and oxygen atoms in total. The van der Waals surface area contributed by atoms with Gasteiger partial charge >= 0.3 is 0 Å². The van der Waals surface area contributed by atoms with Crippen LogP contribution in [0, 0.1) is 0 Å². The van der Waals surface area contributed by atoms with Gasteiger partial charge in [0.2, 0.25) is 21.8 Å². The molecule has 0 unspecified atom stereocenters. The van der Waals surface area contributed by atoms with Crippen molar-refractivity contribution >= 4 is 39.1 Å². The van der Waals surface area contributed by atoms with Gasteiger partial charge in [0.05, 0.1) is 11.9 Å². The van der Waals surface area contributed by atoms with Gasteiger partial charge < -0.3 is 10.2 Å². The third-order valence-corrected chi connectivity index (χ3v) is 9.33. The van der Waals surface area contributed by atoms with Crippen molar-refractivity contribution < 1.29 is 18.0 Å². The first-order valence-electron chi connectivity index (χ1n) is 14.8. The maximum atomic E-state index is 14.3. The van der Waals surface area contributed by atoms with Crippen LogP contribution in [0.25, 0.3) is 0 Å². The fraction of sp³-hybridized carbons (Fsp3) is 0.412. The predicted molar refractivity (Wildman–Crippen MR) is 174 cm³/mol. The van der Waals surface area contributed by atoms with Gasteiger partial charge in [-0.25, -0.2) is 8.42 Å². The number of carbonyl (C=O) groups excluding carboxylic acids is 2. The molecule has 0 saturated heterocycles. The van der Waals surface area contributed by atoms with Gasteiger partial charge in [-0.3, -0.25) is 13.9 Å². The van der Waals surface area contributed by atoms with Crippen LogP contribution in [0.2, 0.25) is 5.02 Å². The number of sulfonamides is 1. The Labute approximate surface area is 261 Å². The molecule has 1 atom stereocenters. The number of anilines is 1. The highest BCUT2D eigenvalue weighted by Gasteiger charge is 2.34. The lowest BCUT2D eigenvalue weighted by Gasteiger charge is -2.34. The number of nitrogens with one attached hydrogen (secondary N) is 1. The summed E-state index contributed by atoms with van der Waals surface area (Å²) in [6.45, 7) is 5.92. The molecule has 0 spiro atoms. The molecule has 1 saturated carbocycles. The summed E-state index contributed by atoms with van der Waals surface area (Å²) < 4.78 is 27.2. The van der Waals surface area contributed by atoms with E-state index in [1.165, 1.54) is 4.90 Å². The smallest absolute Gasteiger partial charge is 0.244 e. The van der Waals surface area contributed by atoms with Crippen LogP contribution in [-0.2, 0) is 38.0 Å². The maximum Gasteiger partial charge on any atom is 0.244 e. The highest BCUT2D eigenvalue weighted by atomic mass is 35.5. The lowest BCUT2D eigenvalue weighted by Crippen LogP contribution is -2.54. The van der Waals surface area contributed by atoms with Crippen LogP contribution in [0.5, 0.6) is 0 Å². The molecule has 3 aromatic rings. The summed E-state index contributed by atoms with van der Waals surface area (Å²) >= 11 is 6.13. The molecule has 0 radical (unpaired) electrons. The SMILES string of the molecule is CC(C)(C)c1ccc(N(CC(=O)N(Cc2ccc(Cl)cc2)[C@H](Cc2ccccc2)C(=O)NC2CCCC2)S(C)(=O)=O)cc1. The van der Waals surface area contributed by atoms with Crippen molar-refractivity contribution in [2.24, 2.45) is 0 Å². The Morgan fingerprint density at radius 3 is 2.07 bits per heavy atom. The number of halogens is 1. The third kappa shape index (κ3) is 9.07. The summed E-state index contributed by atoms with van der Waals surface area (Å²) in [6.07, 6.45) is 5.30. The Balaban J connectivity index is 1.71. The standard InChI is InChI=1S/C34H42ClN3O4S/c1-34(2,3)27-16-20-30(21-17-27)38(43(4,41)42)24-32(39)37(23-26-14-18-28(35)19-15-26)31(22-25-10-6-5-7-11-25)33(40)36-29-12-8-9-13-29/h5-7,10-11,14-21,29,31H,8-9,12-13,22-24H2,1-4H3,(H,36,40)/t31-/m1/s1. The molecular weight excluding hydrogens is 582 g/mol. The van der Waals surface area contributed by atoms with E-state index in [1.54, 1.807) is 24.3 Å². The van der Waals surface area contributed by atoms with E-state index in [4.69, 9.17) is 11.6 Å². The topological polar surface area (TPSA) is 86.8 Å². The van der Waals surface area contributed by atoms with Crippen LogP contribution in [0.4, 0.5) is 5.69 Å². The second-order valence-electron chi connectivity index (χ2n) is 12.4. The molecule has 1 aliphatic rings. The Hall–Kier alpha value is -3.36. The molecule has 2 amide bonds. The molecule has 4 rings (SSSR count). The minimum Gasteiger partial charge on any atom is -0.352 e. The van der Waals surface area contributed by atoms with Crippen LogP contribution in [0.1, 0.15) is 63.1 Å². The molecule has 1 fully saturated rings. The van der Waals surface area contributed by atoms with Gasteiger partial charge in [0.15, 0.2) is 0 Å². The molecule has 9 heteroatoms. The number of hydrogen-bond donors (Lipinski definition) is 1. The monoisotopic (exact) mass is 623 g/mol. The fourth-order valence-electron chi connectivity index (χ4n) is 5.45. The maximum absolute atomic E-state index is 14.3. The van der Waals surface area contributed by atoms with Crippen molar-refractivity contribution in [1.82, 2.24) is 10.2 Å². The second kappa shape index (κ2) is 14.0. The average molecular weight is 624 g/mol. The first-order valence-corrected chi connectivity index (χ1v) is 17.0. The highest BCUT2D eigenvalue weighted by molar-refractivity contribution is 7.92. The normalized spacial score (nSPS) is 14.7. The van der Waals surface area contributed by atoms with Crippen LogP contribution in [0.3, 0.4) is 0 Å². The van der Waals surface area contributed by atoms with E-state index in [0.717, 1.165) is 52.9 Å². The Morgan fingerprint density at radius 1 is 0.907 bits per heavy atom. The van der Waals surface area contributed by atoms with E-state index in [1.807, 2.05) is 54.6 Å². The quantitative estimate of drug-likeness (QED) is 0.280. The van der Waals surface area contributed by atoms with Crippen molar-refractivity contribution in [3.8, 4) is 0 Å². The zero-order chi connectivity index (χ0) is 31.2. The zero-order valence-corrected chi connectivity index (χ0v) is 27.0. The number of rotatable bonds is 11. The lowest BCUT2D eigenvalue weighted by molar-refractivity contribution is -0.140. The van der Waals surface area contributed by atoms with E-state index in [9.17, 15) is 18.0 Å². The van der Waals surface area contributed by atoms with Gasteiger partial charge in [0.25, 0.3) is 0 Å². The Kier molecular flexibility index (Phi) is 10.6. The highest BCUT2D eigenvalue weighted by Crippen LogP contribution is 2.27. The van der Waals surface area contributed by atoms with Crippen molar-refractivity contribution in [3.05, 3.63) is 101 Å². The Morgan fingerprint density at radius 2 is 1.51 bits per heavy atom. The number of benzene rings is 3. The van der Waals surface area contributed by atoms with Crippen molar-refractivity contribution in [1.29, 1.82) is 0 Å². The van der Waals surface area contributed by atoms with Crippen molar-refractivity contribution in [2.45, 2.75) is 76.9 Å². The van der Waals surface area contributed by atoms with Gasteiger partial charge in [0, 0.05) is 24.0 Å². The summed E-state index contributed by atoms with van der Waals surface area (Å²) in [5, 5.41) is 3.74. The molecule has 1 aliphatic carbocycles. The van der Waals surface area contributed by atoms with Crippen LogP contribution in [-0.4, -0.2) is 50.0 Å². The van der Waals surface area contributed by atoms with Crippen molar-refractivity contribution in [2.75, 3.05) is 17.1 Å². The molecular formula is C34H42ClN3O4S. The van der Waals surface area contributed by atoms with Gasteiger partial charge in [-0.1, -0.05) is 99.8 Å². The molecule has 0 bridgehead atoms. The van der Waals surface area contributed by atoms with Crippen LogP contribution < -0.4 is 9.62 Å². The first kappa shape index (κ1) is 32.6. The molecule has 43 heavy (non-hydrogen) atoms. The second-order valence-corrected chi connectivity index (χ2v) is 14.8. The van der Waals surface area contributed by atoms with E-state index in [0.29, 0.717) is 10.7 Å². The summed E-state index contributed by atoms with van der Waals surface area (Å²) in [6, 6.07) is 23.1. The molecule has 230 valence electrons. The zero-order valence-electron chi connectivity index (χ0n) is 25.4. The van der Waals surface area contributed by atoms with E-state index < -0.39 is 28.5 Å². The largest absolute Gasteiger partial charge is 0.352 e. The summed E-state index contributed by atoms with van der Waals surface area (Å²) in [5.74, 6) is -0.707. The number of amides is 2. The molecule has 1 N–H and O–H groups in total. The van der Waals surface area contributed by atoms with E-state index >= 15 is 0 Å². The van der Waals surface area contributed by atoms with Crippen LogP contribution >= 0.6 is 11.6 Å². The third-order valence-electron chi connectivity index (χ3n) is 7.94. The van der Waals surface area contributed by atoms with Crippen molar-refractivity contribution in [3.63, 3.8) is 0 Å². The number of carbonyl (C=O) groups is 2. The van der Waals surface area contributed by atoms with E-state index in [-0.39, 0.29) is 30.3 Å². The summed E-state index contributed by atoms with van der Waals surface area (Å²) in [4.78, 5) is 29.7. The molecule has 3 aromatic carbocycles.